The van der Waals surface area contributed by atoms with Gasteiger partial charge in [0, 0.05) is 0 Å². The average Bonchev–Trinajstić information content (AvgIpc) is 2.50. The molecule has 0 saturated carbocycles. The van der Waals surface area contributed by atoms with Gasteiger partial charge in [-0.15, -0.1) is 0 Å². The van der Waals surface area contributed by atoms with Crippen molar-refractivity contribution in [3.05, 3.63) is 59.2 Å². The van der Waals surface area contributed by atoms with Crippen LogP contribution in [0.25, 0.3) is 0 Å². The fraction of sp³-hybridized carbons (Fsp3) is 0. The summed E-state index contributed by atoms with van der Waals surface area (Å²) in [5.41, 5.74) is -0.343. The molecular formula is C14H8BF2O4. The van der Waals surface area contributed by atoms with Crippen LogP contribution in [0.15, 0.2) is 36.4 Å². The second-order valence-corrected chi connectivity index (χ2v) is 3.89. The van der Waals surface area contributed by atoms with Crippen molar-refractivity contribution in [1.82, 2.24) is 0 Å². The van der Waals surface area contributed by atoms with Gasteiger partial charge in [0.2, 0.25) is 0 Å². The molecule has 0 spiro atoms. The maximum atomic E-state index is 13.6. The Bertz CT molecular complexity index is 619. The predicted octanol–water partition coefficient (Wildman–Crippen LogP) is 2.58. The highest BCUT2D eigenvalue weighted by molar-refractivity contribution is 6.20. The highest BCUT2D eigenvalue weighted by Crippen LogP contribution is 2.21. The maximum Gasteiger partial charge on any atom is 0.658 e. The summed E-state index contributed by atoms with van der Waals surface area (Å²) in [4.78, 5) is 21.1. The van der Waals surface area contributed by atoms with Gasteiger partial charge in [-0.2, -0.15) is 0 Å². The molecule has 0 heterocycles. The number of carbonyl (C=O) groups excluding carboxylic acids is 2. The van der Waals surface area contributed by atoms with E-state index in [1.807, 2.05) is 0 Å². The summed E-state index contributed by atoms with van der Waals surface area (Å²) in [6.45, 7) is 0. The summed E-state index contributed by atoms with van der Waals surface area (Å²) in [6.07, 6.45) is 0.687. The molecule has 0 aromatic heterocycles. The molecule has 4 nitrogen and oxygen atoms in total. The summed E-state index contributed by atoms with van der Waals surface area (Å²) in [6, 6.07) is 7.96. The zero-order chi connectivity index (χ0) is 15.2. The fourth-order valence-electron chi connectivity index (χ4n) is 1.55. The Morgan fingerprint density at radius 3 is 1.62 bits per heavy atom. The summed E-state index contributed by atoms with van der Waals surface area (Å²) in [7, 11) is 0.708. The van der Waals surface area contributed by atoms with Crippen molar-refractivity contribution in [2.45, 2.75) is 0 Å². The van der Waals surface area contributed by atoms with Gasteiger partial charge in [-0.25, -0.2) is 8.78 Å². The van der Waals surface area contributed by atoms with Gasteiger partial charge in [0.15, 0.2) is 24.2 Å². The van der Waals surface area contributed by atoms with Crippen LogP contribution in [-0.4, -0.2) is 20.3 Å². The summed E-state index contributed by atoms with van der Waals surface area (Å²) in [5, 5.41) is 0. The predicted molar refractivity (Wildman–Crippen MR) is 70.6 cm³/mol. The standard InChI is InChI=1S/C14H8BF2O4/c16-13-9(7-18)3-1-5-11(13)20-15-21-12-6-2-4-10(8-19)14(12)17/h1-8H. The molecule has 0 saturated heterocycles. The molecule has 0 fully saturated rings. The molecule has 0 aliphatic heterocycles. The van der Waals surface area contributed by atoms with E-state index >= 15 is 0 Å². The first-order valence-corrected chi connectivity index (χ1v) is 5.79. The Morgan fingerprint density at radius 1 is 0.810 bits per heavy atom. The van der Waals surface area contributed by atoms with Crippen LogP contribution < -0.4 is 9.31 Å². The lowest BCUT2D eigenvalue weighted by molar-refractivity contribution is 0.111. The van der Waals surface area contributed by atoms with Crippen LogP contribution in [0.2, 0.25) is 0 Å². The lowest BCUT2D eigenvalue weighted by Crippen LogP contribution is -2.13. The van der Waals surface area contributed by atoms with E-state index in [1.165, 1.54) is 36.4 Å². The summed E-state index contributed by atoms with van der Waals surface area (Å²) in [5.74, 6) is -2.19. The topological polar surface area (TPSA) is 52.6 Å². The van der Waals surface area contributed by atoms with Gasteiger partial charge in [0.05, 0.1) is 11.1 Å². The van der Waals surface area contributed by atoms with Crippen LogP contribution in [-0.2, 0) is 0 Å². The van der Waals surface area contributed by atoms with Crippen molar-refractivity contribution in [3.8, 4) is 11.5 Å². The average molecular weight is 289 g/mol. The minimum Gasteiger partial charge on any atom is -0.524 e. The Kier molecular flexibility index (Phi) is 4.66. The number of aldehydes is 2. The molecule has 2 rings (SSSR count). The lowest BCUT2D eigenvalue weighted by atomic mass is 10.2. The van der Waals surface area contributed by atoms with Gasteiger partial charge >= 0.3 is 7.69 Å². The second kappa shape index (κ2) is 6.65. The quantitative estimate of drug-likeness (QED) is 0.606. The fourth-order valence-corrected chi connectivity index (χ4v) is 1.55. The van der Waals surface area contributed by atoms with Crippen LogP contribution in [0.5, 0.6) is 11.5 Å². The number of hydrogen-bond donors (Lipinski definition) is 0. The molecule has 1 radical (unpaired) electrons. The minimum atomic E-state index is -0.852. The number of hydrogen-bond acceptors (Lipinski definition) is 4. The molecule has 2 aromatic carbocycles. The highest BCUT2D eigenvalue weighted by atomic mass is 19.1. The van der Waals surface area contributed by atoms with Crippen LogP contribution in [0.1, 0.15) is 20.7 Å². The number of benzene rings is 2. The van der Waals surface area contributed by atoms with Gasteiger partial charge in [-0.05, 0) is 24.3 Å². The van der Waals surface area contributed by atoms with Gasteiger partial charge in [0.25, 0.3) is 0 Å². The smallest absolute Gasteiger partial charge is 0.524 e. The first-order valence-electron chi connectivity index (χ1n) is 5.79. The number of halogens is 2. The zero-order valence-corrected chi connectivity index (χ0v) is 10.6. The van der Waals surface area contributed by atoms with E-state index in [2.05, 4.69) is 0 Å². The van der Waals surface area contributed by atoms with E-state index in [4.69, 9.17) is 9.31 Å². The Balaban J connectivity index is 2.05. The van der Waals surface area contributed by atoms with Crippen molar-refractivity contribution in [2.75, 3.05) is 0 Å². The number of rotatable bonds is 6. The molecule has 0 amide bonds. The highest BCUT2D eigenvalue weighted by Gasteiger charge is 2.13. The zero-order valence-electron chi connectivity index (χ0n) is 10.6. The van der Waals surface area contributed by atoms with E-state index in [0.717, 1.165) is 0 Å². The summed E-state index contributed by atoms with van der Waals surface area (Å²) >= 11 is 0. The first kappa shape index (κ1) is 14.7. The van der Waals surface area contributed by atoms with Gasteiger partial charge < -0.3 is 9.31 Å². The lowest BCUT2D eigenvalue weighted by Gasteiger charge is -2.09. The maximum absolute atomic E-state index is 13.6. The molecule has 21 heavy (non-hydrogen) atoms. The second-order valence-electron chi connectivity index (χ2n) is 3.89. The van der Waals surface area contributed by atoms with E-state index in [0.29, 0.717) is 20.3 Å². The molecular weight excluding hydrogens is 281 g/mol. The normalized spacial score (nSPS) is 9.81. The molecule has 2 aromatic rings. The van der Waals surface area contributed by atoms with E-state index in [-0.39, 0.29) is 22.6 Å². The Hall–Kier alpha value is -2.70. The van der Waals surface area contributed by atoms with E-state index in [1.54, 1.807) is 0 Å². The molecule has 105 valence electrons. The molecule has 0 atom stereocenters. The van der Waals surface area contributed by atoms with Gasteiger partial charge in [0.1, 0.15) is 11.5 Å². The van der Waals surface area contributed by atoms with E-state index in [9.17, 15) is 18.4 Å². The third-order valence-electron chi connectivity index (χ3n) is 2.59. The molecule has 0 bridgehead atoms. The van der Waals surface area contributed by atoms with Crippen molar-refractivity contribution >= 4 is 20.3 Å². The van der Waals surface area contributed by atoms with Crippen molar-refractivity contribution in [2.24, 2.45) is 0 Å². The van der Waals surface area contributed by atoms with Gasteiger partial charge in [-0.1, -0.05) is 12.1 Å². The monoisotopic (exact) mass is 289 g/mol. The summed E-state index contributed by atoms with van der Waals surface area (Å²) < 4.78 is 37.0. The van der Waals surface area contributed by atoms with Crippen molar-refractivity contribution in [3.63, 3.8) is 0 Å². The van der Waals surface area contributed by atoms with Crippen LogP contribution in [0.4, 0.5) is 8.78 Å². The Labute approximate surface area is 119 Å². The van der Waals surface area contributed by atoms with Crippen LogP contribution in [0.3, 0.4) is 0 Å². The van der Waals surface area contributed by atoms with Crippen molar-refractivity contribution < 1.29 is 27.7 Å². The minimum absolute atomic E-state index is 0.171. The van der Waals surface area contributed by atoms with Crippen LogP contribution in [0, 0.1) is 11.6 Å². The first-order chi connectivity index (χ1) is 10.2. The van der Waals surface area contributed by atoms with Gasteiger partial charge in [-0.3, -0.25) is 9.59 Å². The van der Waals surface area contributed by atoms with E-state index < -0.39 is 11.6 Å². The Morgan fingerprint density at radius 2 is 1.24 bits per heavy atom. The SMILES string of the molecule is O=Cc1cccc(O[B]Oc2cccc(C=O)c2F)c1F. The largest absolute Gasteiger partial charge is 0.658 e. The number of carbonyl (C=O) groups is 2. The van der Waals surface area contributed by atoms with Crippen molar-refractivity contribution in [1.29, 1.82) is 0 Å². The molecule has 7 heteroatoms. The third kappa shape index (κ3) is 3.25. The van der Waals surface area contributed by atoms with Crippen LogP contribution >= 0.6 is 0 Å². The molecule has 0 unspecified atom stereocenters. The molecule has 0 aliphatic carbocycles. The molecule has 0 aliphatic rings. The third-order valence-corrected chi connectivity index (χ3v) is 2.59. The molecule has 0 N–H and O–H groups in total.